The van der Waals surface area contributed by atoms with E-state index in [1.54, 1.807) is 6.08 Å². The molecule has 0 bridgehead atoms. The van der Waals surface area contributed by atoms with Crippen LogP contribution in [0.15, 0.2) is 36.9 Å². The van der Waals surface area contributed by atoms with E-state index in [0.29, 0.717) is 18.4 Å². The number of benzene rings is 1. The number of hydrogen-bond acceptors (Lipinski definition) is 2. The van der Waals surface area contributed by atoms with Crippen molar-refractivity contribution in [3.63, 3.8) is 0 Å². The standard InChI is InChI=1S/C14H18N2O/c1-4-9-17-14-12-7-5-6-8-13(12)16(15-14)10-11(2)3/h4-8,11H,1,9-10H2,2-3H3. The van der Waals surface area contributed by atoms with E-state index in [4.69, 9.17) is 4.74 Å². The maximum absolute atomic E-state index is 5.58. The molecule has 0 aliphatic rings. The van der Waals surface area contributed by atoms with Crippen molar-refractivity contribution in [3.05, 3.63) is 36.9 Å². The van der Waals surface area contributed by atoms with Gasteiger partial charge in [0.15, 0.2) is 0 Å². The van der Waals surface area contributed by atoms with Gasteiger partial charge in [-0.3, -0.25) is 4.68 Å². The Labute approximate surface area is 102 Å². The van der Waals surface area contributed by atoms with E-state index in [1.807, 2.05) is 22.9 Å². The van der Waals surface area contributed by atoms with Gasteiger partial charge >= 0.3 is 0 Å². The molecule has 0 fully saturated rings. The third-order valence-electron chi connectivity index (χ3n) is 2.50. The average molecular weight is 230 g/mol. The van der Waals surface area contributed by atoms with Crippen molar-refractivity contribution in [2.24, 2.45) is 5.92 Å². The minimum Gasteiger partial charge on any atom is -0.472 e. The van der Waals surface area contributed by atoms with Crippen LogP contribution in [0.2, 0.25) is 0 Å². The van der Waals surface area contributed by atoms with E-state index in [1.165, 1.54) is 0 Å². The molecule has 0 N–H and O–H groups in total. The molecule has 2 rings (SSSR count). The van der Waals surface area contributed by atoms with Gasteiger partial charge in [-0.15, -0.1) is 5.10 Å². The number of rotatable bonds is 5. The number of ether oxygens (including phenoxy) is 1. The summed E-state index contributed by atoms with van der Waals surface area (Å²) in [7, 11) is 0. The average Bonchev–Trinajstić information content (AvgIpc) is 2.65. The minimum absolute atomic E-state index is 0.489. The molecule has 0 radical (unpaired) electrons. The summed E-state index contributed by atoms with van der Waals surface area (Å²) >= 11 is 0. The Bertz CT molecular complexity index is 514. The minimum atomic E-state index is 0.489. The van der Waals surface area contributed by atoms with Crippen molar-refractivity contribution < 1.29 is 4.74 Å². The van der Waals surface area contributed by atoms with Gasteiger partial charge in [0.25, 0.3) is 0 Å². The normalized spacial score (nSPS) is 11.0. The van der Waals surface area contributed by atoms with Crippen LogP contribution in [-0.4, -0.2) is 16.4 Å². The summed E-state index contributed by atoms with van der Waals surface area (Å²) < 4.78 is 7.59. The quantitative estimate of drug-likeness (QED) is 0.737. The number of nitrogens with zero attached hydrogens (tertiary/aromatic N) is 2. The van der Waals surface area contributed by atoms with Gasteiger partial charge in [0, 0.05) is 6.54 Å². The Morgan fingerprint density at radius 1 is 1.41 bits per heavy atom. The van der Waals surface area contributed by atoms with Crippen molar-refractivity contribution in [3.8, 4) is 5.88 Å². The van der Waals surface area contributed by atoms with Crippen LogP contribution in [0.4, 0.5) is 0 Å². The largest absolute Gasteiger partial charge is 0.472 e. The third kappa shape index (κ3) is 2.49. The second kappa shape index (κ2) is 5.04. The first-order valence-corrected chi connectivity index (χ1v) is 5.91. The van der Waals surface area contributed by atoms with Crippen LogP contribution >= 0.6 is 0 Å². The van der Waals surface area contributed by atoms with E-state index >= 15 is 0 Å². The first-order chi connectivity index (χ1) is 8.22. The number of hydrogen-bond donors (Lipinski definition) is 0. The summed E-state index contributed by atoms with van der Waals surface area (Å²) in [5.74, 6) is 1.26. The molecule has 0 aliphatic carbocycles. The van der Waals surface area contributed by atoms with Crippen LogP contribution in [0, 0.1) is 5.92 Å². The second-order valence-electron chi connectivity index (χ2n) is 4.50. The lowest BCUT2D eigenvalue weighted by atomic mass is 10.2. The van der Waals surface area contributed by atoms with E-state index in [2.05, 4.69) is 31.6 Å². The van der Waals surface area contributed by atoms with Crippen LogP contribution in [0.1, 0.15) is 13.8 Å². The van der Waals surface area contributed by atoms with Crippen molar-refractivity contribution in [2.45, 2.75) is 20.4 Å². The van der Waals surface area contributed by atoms with Crippen molar-refractivity contribution in [1.82, 2.24) is 9.78 Å². The Hall–Kier alpha value is -1.77. The fourth-order valence-corrected chi connectivity index (χ4v) is 1.83. The summed E-state index contributed by atoms with van der Waals surface area (Å²) in [6, 6.07) is 8.14. The zero-order valence-corrected chi connectivity index (χ0v) is 10.4. The van der Waals surface area contributed by atoms with E-state index in [0.717, 1.165) is 17.4 Å². The molecule has 90 valence electrons. The molecular formula is C14H18N2O. The lowest BCUT2D eigenvalue weighted by Gasteiger charge is -2.05. The molecule has 0 amide bonds. The smallest absolute Gasteiger partial charge is 0.241 e. The highest BCUT2D eigenvalue weighted by molar-refractivity contribution is 5.84. The molecule has 1 aromatic carbocycles. The predicted octanol–water partition coefficient (Wildman–Crippen LogP) is 3.26. The van der Waals surface area contributed by atoms with Gasteiger partial charge in [-0.25, -0.2) is 0 Å². The van der Waals surface area contributed by atoms with Gasteiger partial charge in [0.2, 0.25) is 5.88 Å². The number of aromatic nitrogens is 2. The highest BCUT2D eigenvalue weighted by Gasteiger charge is 2.11. The summed E-state index contributed by atoms with van der Waals surface area (Å²) in [6.45, 7) is 9.40. The molecule has 1 heterocycles. The molecule has 1 aromatic heterocycles. The first kappa shape index (κ1) is 11.7. The zero-order valence-electron chi connectivity index (χ0n) is 10.4. The number of para-hydroxylation sites is 1. The molecule has 3 nitrogen and oxygen atoms in total. The fourth-order valence-electron chi connectivity index (χ4n) is 1.83. The Kier molecular flexibility index (Phi) is 3.47. The van der Waals surface area contributed by atoms with E-state index in [9.17, 15) is 0 Å². The second-order valence-corrected chi connectivity index (χ2v) is 4.50. The SMILES string of the molecule is C=CCOc1nn(CC(C)C)c2ccccc12. The van der Waals surface area contributed by atoms with Crippen molar-refractivity contribution in [1.29, 1.82) is 0 Å². The van der Waals surface area contributed by atoms with E-state index < -0.39 is 0 Å². The Morgan fingerprint density at radius 3 is 2.88 bits per heavy atom. The highest BCUT2D eigenvalue weighted by Crippen LogP contribution is 2.25. The molecule has 0 unspecified atom stereocenters. The lowest BCUT2D eigenvalue weighted by Crippen LogP contribution is -2.06. The predicted molar refractivity (Wildman–Crippen MR) is 70.3 cm³/mol. The fraction of sp³-hybridized carbons (Fsp3) is 0.357. The first-order valence-electron chi connectivity index (χ1n) is 5.91. The van der Waals surface area contributed by atoms with Gasteiger partial charge < -0.3 is 4.74 Å². The zero-order chi connectivity index (χ0) is 12.3. The van der Waals surface area contributed by atoms with E-state index in [-0.39, 0.29) is 0 Å². The maximum atomic E-state index is 5.58. The molecule has 0 saturated carbocycles. The molecule has 0 aliphatic heterocycles. The monoisotopic (exact) mass is 230 g/mol. The molecular weight excluding hydrogens is 212 g/mol. The van der Waals surface area contributed by atoms with Crippen molar-refractivity contribution >= 4 is 10.9 Å². The van der Waals surface area contributed by atoms with Gasteiger partial charge in [-0.2, -0.15) is 0 Å². The van der Waals surface area contributed by atoms with Crippen molar-refractivity contribution in [2.75, 3.05) is 6.61 Å². The lowest BCUT2D eigenvalue weighted by molar-refractivity contribution is 0.342. The molecule has 17 heavy (non-hydrogen) atoms. The van der Waals surface area contributed by atoms with Gasteiger partial charge in [0.1, 0.15) is 6.61 Å². The van der Waals surface area contributed by atoms with Crippen LogP contribution in [0.25, 0.3) is 10.9 Å². The molecule has 3 heteroatoms. The number of fused-ring (bicyclic) bond motifs is 1. The molecule has 0 spiro atoms. The summed E-state index contributed by atoms with van der Waals surface area (Å²) in [6.07, 6.45) is 1.73. The highest BCUT2D eigenvalue weighted by atomic mass is 16.5. The Balaban J connectivity index is 2.42. The summed E-state index contributed by atoms with van der Waals surface area (Å²) in [4.78, 5) is 0. The third-order valence-corrected chi connectivity index (χ3v) is 2.50. The van der Waals surface area contributed by atoms with Gasteiger partial charge in [-0.1, -0.05) is 38.6 Å². The van der Waals surface area contributed by atoms with Gasteiger partial charge in [0.05, 0.1) is 10.9 Å². The van der Waals surface area contributed by atoms with Gasteiger partial charge in [-0.05, 0) is 18.1 Å². The topological polar surface area (TPSA) is 27.1 Å². The molecule has 0 atom stereocenters. The summed E-state index contributed by atoms with van der Waals surface area (Å²) in [5, 5.41) is 5.58. The van der Waals surface area contributed by atoms with Crippen LogP contribution in [0.3, 0.4) is 0 Å². The maximum Gasteiger partial charge on any atom is 0.241 e. The molecule has 0 saturated heterocycles. The Morgan fingerprint density at radius 2 is 2.18 bits per heavy atom. The van der Waals surface area contributed by atoms with Crippen LogP contribution < -0.4 is 4.74 Å². The summed E-state index contributed by atoms with van der Waals surface area (Å²) in [5.41, 5.74) is 1.13. The van der Waals surface area contributed by atoms with Crippen LogP contribution in [0.5, 0.6) is 5.88 Å². The van der Waals surface area contributed by atoms with Crippen LogP contribution in [-0.2, 0) is 6.54 Å². The molecule has 2 aromatic rings.